The first-order valence-corrected chi connectivity index (χ1v) is 10.4. The molecule has 0 radical (unpaired) electrons. The van der Waals surface area contributed by atoms with Crippen molar-refractivity contribution in [3.63, 3.8) is 0 Å². The first kappa shape index (κ1) is 20.3. The molecule has 10 heteroatoms. The van der Waals surface area contributed by atoms with Gasteiger partial charge in [-0.05, 0) is 23.8 Å². The summed E-state index contributed by atoms with van der Waals surface area (Å²) in [5.41, 5.74) is 1.02. The second kappa shape index (κ2) is 8.72. The summed E-state index contributed by atoms with van der Waals surface area (Å²) in [7, 11) is -0.165. The molecule has 1 N–H and O–H groups in total. The van der Waals surface area contributed by atoms with Crippen LogP contribution in [0.1, 0.15) is 5.56 Å². The maximum Gasteiger partial charge on any atom is 0.260 e. The van der Waals surface area contributed by atoms with Gasteiger partial charge in [0.15, 0.2) is 5.03 Å². The molecule has 9 nitrogen and oxygen atoms in total. The van der Waals surface area contributed by atoms with Gasteiger partial charge in [-0.3, -0.25) is 14.8 Å². The molecule has 0 saturated carbocycles. The first-order chi connectivity index (χ1) is 13.4. The maximum absolute atomic E-state index is 12.5. The number of ether oxygens (including phenoxy) is 1. The van der Waals surface area contributed by atoms with Gasteiger partial charge in [0.2, 0.25) is 5.91 Å². The van der Waals surface area contributed by atoms with Crippen molar-refractivity contribution in [3.05, 3.63) is 42.1 Å². The van der Waals surface area contributed by atoms with Crippen molar-refractivity contribution in [1.82, 2.24) is 24.3 Å². The monoisotopic (exact) mass is 407 g/mol. The van der Waals surface area contributed by atoms with E-state index in [1.807, 2.05) is 29.2 Å². The number of carbonyl (C=O) groups excluding carboxylic acids is 1. The topological polar surface area (TPSA) is 98.8 Å². The molecule has 28 heavy (non-hydrogen) atoms. The number of methoxy groups -OCH3 is 1. The minimum absolute atomic E-state index is 0.000642. The zero-order valence-electron chi connectivity index (χ0n) is 16.0. The second-order valence-corrected chi connectivity index (χ2v) is 8.61. The Morgan fingerprint density at radius 1 is 1.18 bits per heavy atom. The quantitative estimate of drug-likeness (QED) is 0.713. The molecule has 2 aromatic rings. The summed E-state index contributed by atoms with van der Waals surface area (Å²) >= 11 is 0. The molecule has 3 rings (SSSR count). The van der Waals surface area contributed by atoms with E-state index in [9.17, 15) is 13.2 Å². The number of H-pyrrole nitrogens is 1. The average molecular weight is 407 g/mol. The van der Waals surface area contributed by atoms with Crippen LogP contribution in [0.4, 0.5) is 0 Å². The maximum atomic E-state index is 12.5. The van der Waals surface area contributed by atoms with E-state index < -0.39 is 10.0 Å². The fourth-order valence-corrected chi connectivity index (χ4v) is 4.38. The van der Waals surface area contributed by atoms with Gasteiger partial charge in [-0.25, -0.2) is 8.42 Å². The van der Waals surface area contributed by atoms with Crippen LogP contribution in [0.5, 0.6) is 5.75 Å². The van der Waals surface area contributed by atoms with E-state index in [1.54, 1.807) is 19.1 Å². The Labute approximate surface area is 164 Å². The highest BCUT2D eigenvalue weighted by Gasteiger charge is 2.30. The zero-order chi connectivity index (χ0) is 20.1. The van der Waals surface area contributed by atoms with Crippen LogP contribution in [0.25, 0.3) is 0 Å². The van der Waals surface area contributed by atoms with Gasteiger partial charge >= 0.3 is 0 Å². The normalized spacial score (nSPS) is 16.1. The number of nitrogens with zero attached hydrogens (tertiary/aromatic N) is 4. The third-order valence-electron chi connectivity index (χ3n) is 4.79. The predicted molar refractivity (Wildman–Crippen MR) is 103 cm³/mol. The van der Waals surface area contributed by atoms with E-state index in [-0.39, 0.29) is 17.5 Å². The summed E-state index contributed by atoms with van der Waals surface area (Å²) in [4.78, 5) is 16.2. The number of likely N-dealkylation sites (N-methyl/N-ethyl adjacent to an activating group) is 1. The fraction of sp³-hybridized carbons (Fsp3) is 0.444. The number of aromatic amines is 1. The van der Waals surface area contributed by atoms with E-state index in [4.69, 9.17) is 4.74 Å². The number of amides is 1. The molecule has 0 unspecified atom stereocenters. The molecule has 1 aromatic heterocycles. The standard InChI is InChI=1S/C18H25N5O4S/c1-21(13-15-3-5-16(27-2)6-4-15)18(24)14-22-9-11-23(12-10-22)28(25,26)17-7-8-19-20-17/h3-8H,9-14H2,1-2H3,(H,19,20). The van der Waals surface area contributed by atoms with Gasteiger partial charge in [0.1, 0.15) is 5.75 Å². The van der Waals surface area contributed by atoms with Gasteiger partial charge in [-0.15, -0.1) is 0 Å². The number of rotatable bonds is 7. The van der Waals surface area contributed by atoms with Gasteiger partial charge < -0.3 is 9.64 Å². The third kappa shape index (κ3) is 4.70. The van der Waals surface area contributed by atoms with Crippen LogP contribution in [0.15, 0.2) is 41.6 Å². The molecular weight excluding hydrogens is 382 g/mol. The fourth-order valence-electron chi connectivity index (χ4n) is 3.06. The number of carbonyl (C=O) groups is 1. The third-order valence-corrected chi connectivity index (χ3v) is 6.62. The van der Waals surface area contributed by atoms with E-state index in [2.05, 4.69) is 10.2 Å². The SMILES string of the molecule is COc1ccc(CN(C)C(=O)CN2CCN(S(=O)(=O)c3ccn[nH]3)CC2)cc1. The Balaban J connectivity index is 1.49. The lowest BCUT2D eigenvalue weighted by atomic mass is 10.2. The number of benzene rings is 1. The minimum Gasteiger partial charge on any atom is -0.497 e. The summed E-state index contributed by atoms with van der Waals surface area (Å²) in [5, 5.41) is 6.30. The van der Waals surface area contributed by atoms with Crippen LogP contribution in [-0.2, 0) is 21.4 Å². The van der Waals surface area contributed by atoms with Gasteiger partial charge in [-0.2, -0.15) is 9.40 Å². The zero-order valence-corrected chi connectivity index (χ0v) is 16.9. The molecule has 1 amide bonds. The minimum atomic E-state index is -3.55. The van der Waals surface area contributed by atoms with Crippen molar-refractivity contribution in [1.29, 1.82) is 0 Å². The van der Waals surface area contributed by atoms with Gasteiger partial charge in [0.25, 0.3) is 10.0 Å². The molecule has 0 atom stereocenters. The van der Waals surface area contributed by atoms with Crippen LogP contribution in [0.3, 0.4) is 0 Å². The highest BCUT2D eigenvalue weighted by Crippen LogP contribution is 2.16. The smallest absolute Gasteiger partial charge is 0.260 e. The number of nitrogens with one attached hydrogen (secondary N) is 1. The van der Waals surface area contributed by atoms with Crippen LogP contribution in [0, 0.1) is 0 Å². The van der Waals surface area contributed by atoms with E-state index in [0.29, 0.717) is 32.7 Å². The summed E-state index contributed by atoms with van der Waals surface area (Å²) < 4.78 is 31.5. The molecule has 1 fully saturated rings. The Hall–Kier alpha value is -2.43. The van der Waals surface area contributed by atoms with Gasteiger partial charge in [0.05, 0.1) is 19.9 Å². The van der Waals surface area contributed by atoms with E-state index >= 15 is 0 Å². The van der Waals surface area contributed by atoms with Crippen molar-refractivity contribution >= 4 is 15.9 Å². The van der Waals surface area contributed by atoms with Crippen LogP contribution < -0.4 is 4.74 Å². The van der Waals surface area contributed by atoms with Gasteiger partial charge in [0, 0.05) is 39.8 Å². The molecule has 1 aliphatic rings. The number of hydrogen-bond acceptors (Lipinski definition) is 6. The summed E-state index contributed by atoms with van der Waals surface area (Å²) in [6.45, 7) is 2.49. The van der Waals surface area contributed by atoms with Crippen molar-refractivity contribution < 1.29 is 17.9 Å². The summed E-state index contributed by atoms with van der Waals surface area (Å²) in [6, 6.07) is 9.04. The van der Waals surface area contributed by atoms with Gasteiger partial charge in [-0.1, -0.05) is 12.1 Å². The number of hydrogen-bond donors (Lipinski definition) is 1. The lowest BCUT2D eigenvalue weighted by molar-refractivity contribution is -0.131. The van der Waals surface area contributed by atoms with Crippen molar-refractivity contribution in [2.75, 3.05) is 46.9 Å². The second-order valence-electron chi connectivity index (χ2n) is 6.70. The Morgan fingerprint density at radius 3 is 2.43 bits per heavy atom. The predicted octanol–water partition coefficient (Wildman–Crippen LogP) is 0.383. The largest absolute Gasteiger partial charge is 0.497 e. The first-order valence-electron chi connectivity index (χ1n) is 8.99. The Morgan fingerprint density at radius 2 is 1.86 bits per heavy atom. The Kier molecular flexibility index (Phi) is 6.32. The lowest BCUT2D eigenvalue weighted by Crippen LogP contribution is -2.51. The number of piperazine rings is 1. The molecule has 0 spiro atoms. The van der Waals surface area contributed by atoms with Crippen molar-refractivity contribution in [2.24, 2.45) is 0 Å². The summed E-state index contributed by atoms with van der Waals surface area (Å²) in [5.74, 6) is 0.779. The summed E-state index contributed by atoms with van der Waals surface area (Å²) in [6.07, 6.45) is 1.42. The molecule has 1 saturated heterocycles. The number of aromatic nitrogens is 2. The molecule has 0 bridgehead atoms. The highest BCUT2D eigenvalue weighted by molar-refractivity contribution is 7.89. The Bertz CT molecular complexity index is 875. The van der Waals surface area contributed by atoms with E-state index in [0.717, 1.165) is 11.3 Å². The molecule has 0 aliphatic carbocycles. The average Bonchev–Trinajstić information content (AvgIpc) is 3.25. The number of sulfonamides is 1. The van der Waals surface area contributed by atoms with Crippen LogP contribution >= 0.6 is 0 Å². The molecule has 152 valence electrons. The van der Waals surface area contributed by atoms with Crippen molar-refractivity contribution in [3.8, 4) is 5.75 Å². The van der Waals surface area contributed by atoms with Crippen LogP contribution in [0.2, 0.25) is 0 Å². The molecule has 2 heterocycles. The van der Waals surface area contributed by atoms with E-state index in [1.165, 1.54) is 16.6 Å². The molecule has 1 aliphatic heterocycles. The lowest BCUT2D eigenvalue weighted by Gasteiger charge is -2.34. The van der Waals surface area contributed by atoms with Crippen LogP contribution in [-0.4, -0.2) is 85.5 Å². The molecule has 1 aromatic carbocycles. The highest BCUT2D eigenvalue weighted by atomic mass is 32.2. The molecular formula is C18H25N5O4S. The van der Waals surface area contributed by atoms with Crippen molar-refractivity contribution in [2.45, 2.75) is 11.6 Å².